The van der Waals surface area contributed by atoms with Crippen LogP contribution < -0.4 is 5.32 Å². The predicted molar refractivity (Wildman–Crippen MR) is 94.6 cm³/mol. The number of hydrogen-bond donors (Lipinski definition) is 1. The number of nitrogens with one attached hydrogen (secondary N) is 1. The van der Waals surface area contributed by atoms with E-state index in [1.165, 1.54) is 13.2 Å². The second-order valence-electron chi connectivity index (χ2n) is 5.75. The van der Waals surface area contributed by atoms with Gasteiger partial charge in [-0.1, -0.05) is 44.5 Å². The van der Waals surface area contributed by atoms with E-state index in [4.69, 9.17) is 4.74 Å². The fourth-order valence-electron chi connectivity index (χ4n) is 2.13. The molecule has 0 unspecified atom stereocenters. The van der Waals surface area contributed by atoms with Gasteiger partial charge in [-0.3, -0.25) is 4.79 Å². The molecule has 1 aromatic rings. The Labute approximate surface area is 148 Å². The van der Waals surface area contributed by atoms with Crippen LogP contribution >= 0.6 is 0 Å². The summed E-state index contributed by atoms with van der Waals surface area (Å²) in [7, 11) is 1.26. The van der Waals surface area contributed by atoms with Gasteiger partial charge in [0.1, 0.15) is 6.04 Å². The lowest BCUT2D eigenvalue weighted by Gasteiger charge is -2.21. The summed E-state index contributed by atoms with van der Waals surface area (Å²) in [5.74, 6) is -1.79. The smallest absolute Gasteiger partial charge is 0.331 e. The molecule has 1 rings (SSSR count). The highest BCUT2D eigenvalue weighted by atomic mass is 16.5. The van der Waals surface area contributed by atoms with Crippen molar-refractivity contribution in [2.75, 3.05) is 13.7 Å². The number of carbonyl (C=O) groups excluding carboxylic acids is 3. The van der Waals surface area contributed by atoms with Gasteiger partial charge in [0.2, 0.25) is 0 Å². The molecule has 0 fully saturated rings. The molecule has 0 bridgehead atoms. The van der Waals surface area contributed by atoms with Crippen molar-refractivity contribution in [1.29, 1.82) is 0 Å². The van der Waals surface area contributed by atoms with E-state index in [1.54, 1.807) is 6.08 Å². The number of carbonyl (C=O) groups is 3. The number of benzene rings is 1. The molecule has 0 spiro atoms. The second kappa shape index (κ2) is 10.3. The average Bonchev–Trinajstić information content (AvgIpc) is 2.62. The minimum Gasteiger partial charge on any atom is -0.467 e. The third-order valence-corrected chi connectivity index (χ3v) is 3.92. The van der Waals surface area contributed by atoms with Gasteiger partial charge >= 0.3 is 11.9 Å². The molecule has 0 aliphatic rings. The number of hydrogen-bond acceptors (Lipinski definition) is 5. The number of aryl methyl sites for hydroxylation is 1. The van der Waals surface area contributed by atoms with Crippen LogP contribution in [0.3, 0.4) is 0 Å². The molecule has 0 heterocycles. The summed E-state index contributed by atoms with van der Waals surface area (Å²) < 4.78 is 9.59. The molecule has 0 saturated carbocycles. The van der Waals surface area contributed by atoms with Crippen molar-refractivity contribution in [3.8, 4) is 0 Å². The van der Waals surface area contributed by atoms with E-state index in [9.17, 15) is 14.4 Å². The number of amides is 1. The molecule has 136 valence electrons. The van der Waals surface area contributed by atoms with Crippen LogP contribution in [0.2, 0.25) is 0 Å². The zero-order valence-electron chi connectivity index (χ0n) is 15.1. The van der Waals surface area contributed by atoms with E-state index < -0.39 is 30.5 Å². The lowest BCUT2D eigenvalue weighted by Crippen LogP contribution is -2.47. The highest BCUT2D eigenvalue weighted by molar-refractivity contribution is 5.90. The van der Waals surface area contributed by atoms with E-state index in [0.29, 0.717) is 6.42 Å². The molecule has 0 saturated heterocycles. The molecule has 2 atom stereocenters. The Morgan fingerprint density at radius 2 is 1.92 bits per heavy atom. The lowest BCUT2D eigenvalue weighted by atomic mass is 9.99. The van der Waals surface area contributed by atoms with Crippen molar-refractivity contribution in [2.24, 2.45) is 5.92 Å². The first-order valence-electron chi connectivity index (χ1n) is 8.16. The normalized spacial score (nSPS) is 13.1. The van der Waals surface area contributed by atoms with Gasteiger partial charge in [0.05, 0.1) is 7.11 Å². The highest BCUT2D eigenvalue weighted by Gasteiger charge is 2.26. The fourth-order valence-corrected chi connectivity index (χ4v) is 2.13. The molecule has 25 heavy (non-hydrogen) atoms. The number of methoxy groups -OCH3 is 1. The zero-order chi connectivity index (χ0) is 18.8. The molecule has 6 nitrogen and oxygen atoms in total. The van der Waals surface area contributed by atoms with Gasteiger partial charge in [-0.05, 0) is 30.0 Å². The van der Waals surface area contributed by atoms with Gasteiger partial charge in [0.15, 0.2) is 6.61 Å². The Bertz CT molecular complexity index is 638. The van der Waals surface area contributed by atoms with E-state index in [0.717, 1.165) is 11.1 Å². The van der Waals surface area contributed by atoms with E-state index in [1.807, 2.05) is 45.0 Å². The SMILES string of the molecule is CC[C@@H](C)[C@H](NC(=O)COC(=O)/C=C/c1ccccc1C)C(=O)OC. The Balaban J connectivity index is 2.53. The van der Waals surface area contributed by atoms with Crippen LogP contribution in [0, 0.1) is 12.8 Å². The van der Waals surface area contributed by atoms with Gasteiger partial charge in [-0.15, -0.1) is 0 Å². The zero-order valence-corrected chi connectivity index (χ0v) is 15.1. The Morgan fingerprint density at radius 3 is 2.52 bits per heavy atom. The number of esters is 2. The van der Waals surface area contributed by atoms with Gasteiger partial charge < -0.3 is 14.8 Å². The maximum atomic E-state index is 11.9. The van der Waals surface area contributed by atoms with Crippen molar-refractivity contribution in [1.82, 2.24) is 5.32 Å². The number of ether oxygens (including phenoxy) is 2. The maximum Gasteiger partial charge on any atom is 0.331 e. The minimum absolute atomic E-state index is 0.0898. The van der Waals surface area contributed by atoms with Crippen molar-refractivity contribution in [3.05, 3.63) is 41.5 Å². The number of rotatable bonds is 8. The first kappa shape index (κ1) is 20.4. The molecule has 1 aromatic carbocycles. The summed E-state index contributed by atoms with van der Waals surface area (Å²) >= 11 is 0. The Morgan fingerprint density at radius 1 is 1.24 bits per heavy atom. The van der Waals surface area contributed by atoms with Crippen molar-refractivity contribution < 1.29 is 23.9 Å². The summed E-state index contributed by atoms with van der Waals surface area (Å²) in [5.41, 5.74) is 1.92. The average molecular weight is 347 g/mol. The van der Waals surface area contributed by atoms with Gasteiger partial charge in [-0.25, -0.2) is 9.59 Å². The van der Waals surface area contributed by atoms with Crippen LogP contribution in [0.4, 0.5) is 0 Å². The van der Waals surface area contributed by atoms with Crippen LogP contribution in [0.1, 0.15) is 31.4 Å². The summed E-state index contributed by atoms with van der Waals surface area (Å²) in [5, 5.41) is 2.54. The van der Waals surface area contributed by atoms with Crippen molar-refractivity contribution >= 4 is 23.9 Å². The quantitative estimate of drug-likeness (QED) is 0.576. The van der Waals surface area contributed by atoms with Crippen LogP contribution in [0.5, 0.6) is 0 Å². The van der Waals surface area contributed by atoms with Crippen molar-refractivity contribution in [3.63, 3.8) is 0 Å². The molecule has 0 radical (unpaired) electrons. The summed E-state index contributed by atoms with van der Waals surface area (Å²) in [6.45, 7) is 5.21. The summed E-state index contributed by atoms with van der Waals surface area (Å²) in [4.78, 5) is 35.3. The predicted octanol–water partition coefficient (Wildman–Crippen LogP) is 2.26. The molecule has 0 aromatic heterocycles. The van der Waals surface area contributed by atoms with E-state index in [2.05, 4.69) is 10.1 Å². The van der Waals surface area contributed by atoms with Crippen LogP contribution in [-0.2, 0) is 23.9 Å². The molecular weight excluding hydrogens is 322 g/mol. The first-order valence-corrected chi connectivity index (χ1v) is 8.16. The maximum absolute atomic E-state index is 11.9. The summed E-state index contributed by atoms with van der Waals surface area (Å²) in [6.07, 6.45) is 3.59. The molecule has 0 aliphatic carbocycles. The van der Waals surface area contributed by atoms with Crippen molar-refractivity contribution in [2.45, 2.75) is 33.2 Å². The lowest BCUT2D eigenvalue weighted by molar-refractivity contribution is -0.148. The van der Waals surface area contributed by atoms with Crippen LogP contribution in [0.25, 0.3) is 6.08 Å². The molecule has 0 aliphatic heterocycles. The largest absolute Gasteiger partial charge is 0.467 e. The first-order chi connectivity index (χ1) is 11.9. The van der Waals surface area contributed by atoms with Crippen LogP contribution in [-0.4, -0.2) is 37.6 Å². The van der Waals surface area contributed by atoms with E-state index in [-0.39, 0.29) is 5.92 Å². The fraction of sp³-hybridized carbons (Fsp3) is 0.421. The Hall–Kier alpha value is -2.63. The third kappa shape index (κ3) is 6.79. The monoisotopic (exact) mass is 347 g/mol. The Kier molecular flexibility index (Phi) is 8.39. The van der Waals surface area contributed by atoms with Crippen LogP contribution in [0.15, 0.2) is 30.3 Å². The highest BCUT2D eigenvalue weighted by Crippen LogP contribution is 2.10. The summed E-state index contributed by atoms with van der Waals surface area (Å²) in [6, 6.07) is 6.82. The topological polar surface area (TPSA) is 81.7 Å². The van der Waals surface area contributed by atoms with Gasteiger partial charge in [0.25, 0.3) is 5.91 Å². The molecule has 1 amide bonds. The third-order valence-electron chi connectivity index (χ3n) is 3.92. The molecule has 1 N–H and O–H groups in total. The standard InChI is InChI=1S/C19H25NO5/c1-5-13(2)18(19(23)24-4)20-16(21)12-25-17(22)11-10-15-9-7-6-8-14(15)3/h6-11,13,18H,5,12H2,1-4H3,(H,20,21)/b11-10+/t13-,18+/m1/s1. The van der Waals surface area contributed by atoms with Gasteiger partial charge in [0, 0.05) is 6.08 Å². The van der Waals surface area contributed by atoms with Gasteiger partial charge in [-0.2, -0.15) is 0 Å². The second-order valence-corrected chi connectivity index (χ2v) is 5.75. The molecular formula is C19H25NO5. The van der Waals surface area contributed by atoms with E-state index >= 15 is 0 Å². The molecule has 6 heteroatoms. The minimum atomic E-state index is -0.760.